The number of hydrogen-bond acceptors (Lipinski definition) is 5. The summed E-state index contributed by atoms with van der Waals surface area (Å²) in [5.74, 6) is 5.60. The first-order chi connectivity index (χ1) is 13.6. The van der Waals surface area contributed by atoms with Gasteiger partial charge in [-0.1, -0.05) is 17.1 Å². The van der Waals surface area contributed by atoms with Crippen molar-refractivity contribution in [1.82, 2.24) is 25.6 Å². The van der Waals surface area contributed by atoms with E-state index in [1.54, 1.807) is 24.4 Å². The van der Waals surface area contributed by atoms with Gasteiger partial charge in [0.1, 0.15) is 0 Å². The number of rotatable bonds is 7. The summed E-state index contributed by atoms with van der Waals surface area (Å²) in [7, 11) is 0. The van der Waals surface area contributed by atoms with E-state index in [1.165, 1.54) is 4.68 Å². The normalized spacial score (nSPS) is 12.8. The minimum absolute atomic E-state index is 0.0724. The zero-order valence-electron chi connectivity index (χ0n) is 15.7. The standard InChI is InChI=1S/C20H23N5O3/c1-2-21-19(27)15-7-10-18(14(12-15)6-4-3-5-11-26)25-13-17(23-24-25)20(28)22-16-8-9-16/h7,10,12-13,16,26H,2-3,5,8-9,11H2,1H3,(H,21,27)(H,22,28). The molecule has 3 N–H and O–H groups in total. The number of carbonyl (C=O) groups is 2. The Morgan fingerprint density at radius 1 is 1.32 bits per heavy atom. The topological polar surface area (TPSA) is 109 Å². The number of unbranched alkanes of at least 4 members (excludes halogenated alkanes) is 1. The van der Waals surface area contributed by atoms with E-state index in [0.29, 0.717) is 36.2 Å². The number of nitrogens with zero attached hydrogens (tertiary/aromatic N) is 3. The van der Waals surface area contributed by atoms with Gasteiger partial charge < -0.3 is 15.7 Å². The molecule has 0 saturated heterocycles. The lowest BCUT2D eigenvalue weighted by atomic mass is 10.1. The Labute approximate surface area is 163 Å². The number of hydrogen-bond donors (Lipinski definition) is 3. The fourth-order valence-electron chi connectivity index (χ4n) is 2.54. The van der Waals surface area contributed by atoms with E-state index in [-0.39, 0.29) is 30.2 Å². The van der Waals surface area contributed by atoms with Crippen LogP contribution >= 0.6 is 0 Å². The Bertz CT molecular complexity index is 921. The van der Waals surface area contributed by atoms with E-state index < -0.39 is 0 Å². The molecule has 0 aliphatic heterocycles. The Morgan fingerprint density at radius 3 is 2.86 bits per heavy atom. The van der Waals surface area contributed by atoms with E-state index in [0.717, 1.165) is 12.8 Å². The van der Waals surface area contributed by atoms with E-state index in [9.17, 15) is 9.59 Å². The highest BCUT2D eigenvalue weighted by Gasteiger charge is 2.25. The lowest BCUT2D eigenvalue weighted by molar-refractivity contribution is 0.0941. The monoisotopic (exact) mass is 381 g/mol. The molecule has 1 aliphatic rings. The number of benzene rings is 1. The van der Waals surface area contributed by atoms with Crippen LogP contribution in [0.25, 0.3) is 5.69 Å². The molecule has 28 heavy (non-hydrogen) atoms. The second kappa shape index (κ2) is 9.15. The van der Waals surface area contributed by atoms with E-state index in [2.05, 4.69) is 32.8 Å². The van der Waals surface area contributed by atoms with Crippen LogP contribution in [-0.4, -0.2) is 51.1 Å². The van der Waals surface area contributed by atoms with E-state index in [4.69, 9.17) is 5.11 Å². The van der Waals surface area contributed by atoms with E-state index >= 15 is 0 Å². The molecule has 1 aliphatic carbocycles. The van der Waals surface area contributed by atoms with Crippen molar-refractivity contribution in [2.75, 3.05) is 13.2 Å². The largest absolute Gasteiger partial charge is 0.396 e. The van der Waals surface area contributed by atoms with Gasteiger partial charge in [0.05, 0.1) is 17.4 Å². The van der Waals surface area contributed by atoms with Crippen molar-refractivity contribution in [1.29, 1.82) is 0 Å². The van der Waals surface area contributed by atoms with Crippen molar-refractivity contribution >= 4 is 11.8 Å². The average Bonchev–Trinajstić information content (AvgIpc) is 3.37. The molecule has 1 heterocycles. The van der Waals surface area contributed by atoms with Gasteiger partial charge in [0, 0.05) is 31.2 Å². The lowest BCUT2D eigenvalue weighted by Gasteiger charge is -2.07. The van der Waals surface area contributed by atoms with Gasteiger partial charge in [0.25, 0.3) is 11.8 Å². The number of nitrogens with one attached hydrogen (secondary N) is 2. The third-order valence-electron chi connectivity index (χ3n) is 4.16. The minimum Gasteiger partial charge on any atom is -0.396 e. The van der Waals surface area contributed by atoms with Gasteiger partial charge in [-0.05, 0) is 44.4 Å². The molecule has 1 fully saturated rings. The van der Waals surface area contributed by atoms with Crippen LogP contribution < -0.4 is 10.6 Å². The maximum Gasteiger partial charge on any atom is 0.273 e. The molecule has 3 rings (SSSR count). The molecule has 8 heteroatoms. The number of aliphatic hydroxyl groups excluding tert-OH is 1. The molecule has 0 bridgehead atoms. The summed E-state index contributed by atoms with van der Waals surface area (Å²) < 4.78 is 1.49. The zero-order valence-corrected chi connectivity index (χ0v) is 15.7. The molecule has 2 amide bonds. The first-order valence-corrected chi connectivity index (χ1v) is 9.38. The maximum atomic E-state index is 12.2. The highest BCUT2D eigenvalue weighted by molar-refractivity contribution is 5.95. The van der Waals surface area contributed by atoms with Gasteiger partial charge in [0.15, 0.2) is 5.69 Å². The molecule has 0 unspecified atom stereocenters. The molecular formula is C20H23N5O3. The summed E-state index contributed by atoms with van der Waals surface area (Å²) in [6, 6.07) is 5.35. The van der Waals surface area contributed by atoms with Crippen LogP contribution in [0.15, 0.2) is 24.4 Å². The molecule has 1 aromatic carbocycles. The molecule has 2 aromatic rings. The van der Waals surface area contributed by atoms with Crippen LogP contribution in [-0.2, 0) is 0 Å². The second-order valence-corrected chi connectivity index (χ2v) is 6.52. The summed E-state index contributed by atoms with van der Waals surface area (Å²) in [4.78, 5) is 24.3. The smallest absolute Gasteiger partial charge is 0.273 e. The average molecular weight is 381 g/mol. The lowest BCUT2D eigenvalue weighted by Crippen LogP contribution is -2.25. The third-order valence-corrected chi connectivity index (χ3v) is 4.16. The Morgan fingerprint density at radius 2 is 2.14 bits per heavy atom. The number of aromatic nitrogens is 3. The third kappa shape index (κ3) is 4.96. The minimum atomic E-state index is -0.247. The van der Waals surface area contributed by atoms with Crippen molar-refractivity contribution in [3.05, 3.63) is 41.2 Å². The molecule has 1 aromatic heterocycles. The molecule has 146 valence electrons. The molecule has 0 radical (unpaired) electrons. The number of aliphatic hydroxyl groups is 1. The predicted octanol–water partition coefficient (Wildman–Crippen LogP) is 1.03. The first-order valence-electron chi connectivity index (χ1n) is 9.38. The van der Waals surface area contributed by atoms with Gasteiger partial charge in [-0.2, -0.15) is 0 Å². The summed E-state index contributed by atoms with van der Waals surface area (Å²) in [5, 5.41) is 22.5. The fourth-order valence-corrected chi connectivity index (χ4v) is 2.54. The van der Waals surface area contributed by atoms with Gasteiger partial charge in [-0.3, -0.25) is 9.59 Å². The molecular weight excluding hydrogens is 358 g/mol. The van der Waals surface area contributed by atoms with Gasteiger partial charge in [0.2, 0.25) is 0 Å². The Kier molecular flexibility index (Phi) is 6.40. The highest BCUT2D eigenvalue weighted by Crippen LogP contribution is 2.20. The molecule has 8 nitrogen and oxygen atoms in total. The fraction of sp³-hybridized carbons (Fsp3) is 0.400. The predicted molar refractivity (Wildman–Crippen MR) is 103 cm³/mol. The van der Waals surface area contributed by atoms with Crippen LogP contribution in [0.4, 0.5) is 0 Å². The molecule has 1 saturated carbocycles. The van der Waals surface area contributed by atoms with Crippen molar-refractivity contribution < 1.29 is 14.7 Å². The second-order valence-electron chi connectivity index (χ2n) is 6.52. The molecule has 0 spiro atoms. The van der Waals surface area contributed by atoms with Crippen LogP contribution in [0, 0.1) is 11.8 Å². The van der Waals surface area contributed by atoms with Crippen molar-refractivity contribution in [3.63, 3.8) is 0 Å². The van der Waals surface area contributed by atoms with Gasteiger partial charge in [-0.15, -0.1) is 5.10 Å². The summed E-state index contributed by atoms with van der Waals surface area (Å²) >= 11 is 0. The van der Waals surface area contributed by atoms with Crippen LogP contribution in [0.2, 0.25) is 0 Å². The number of amides is 2. The molecule has 0 atom stereocenters. The van der Waals surface area contributed by atoms with E-state index in [1.807, 2.05) is 6.92 Å². The summed E-state index contributed by atoms with van der Waals surface area (Å²) in [6.07, 6.45) is 4.65. The summed E-state index contributed by atoms with van der Waals surface area (Å²) in [6.45, 7) is 2.45. The zero-order chi connectivity index (χ0) is 19.9. The van der Waals surface area contributed by atoms with Crippen molar-refractivity contribution in [2.45, 2.75) is 38.6 Å². The summed E-state index contributed by atoms with van der Waals surface area (Å²) in [5.41, 5.74) is 1.95. The van der Waals surface area contributed by atoms with Crippen LogP contribution in [0.3, 0.4) is 0 Å². The van der Waals surface area contributed by atoms with Crippen LogP contribution in [0.5, 0.6) is 0 Å². The Balaban J connectivity index is 1.89. The van der Waals surface area contributed by atoms with Crippen molar-refractivity contribution in [3.8, 4) is 17.5 Å². The maximum absolute atomic E-state index is 12.2. The van der Waals surface area contributed by atoms with Gasteiger partial charge >= 0.3 is 0 Å². The highest BCUT2D eigenvalue weighted by atomic mass is 16.3. The number of carbonyl (C=O) groups excluding carboxylic acids is 2. The first kappa shape index (κ1) is 19.6. The van der Waals surface area contributed by atoms with Crippen molar-refractivity contribution in [2.24, 2.45) is 0 Å². The van der Waals surface area contributed by atoms with Gasteiger partial charge in [-0.25, -0.2) is 4.68 Å². The Hall–Kier alpha value is -3.18. The quantitative estimate of drug-likeness (QED) is 0.490. The SMILES string of the molecule is CCNC(=O)c1ccc(-n2cc(C(=O)NC3CC3)nn2)c(C#CCCCO)c1. The van der Waals surface area contributed by atoms with Crippen LogP contribution in [0.1, 0.15) is 59.0 Å².